The molecular formula is C22H26N2O4. The van der Waals surface area contributed by atoms with Crippen molar-refractivity contribution < 1.29 is 19.0 Å². The van der Waals surface area contributed by atoms with Crippen LogP contribution in [0.1, 0.15) is 12.5 Å². The third-order valence-electron chi connectivity index (χ3n) is 4.44. The van der Waals surface area contributed by atoms with E-state index in [1.807, 2.05) is 61.5 Å². The maximum Gasteiger partial charge on any atom is 0.262 e. The molecule has 6 nitrogen and oxygen atoms in total. The van der Waals surface area contributed by atoms with E-state index in [0.29, 0.717) is 24.7 Å². The van der Waals surface area contributed by atoms with Crippen LogP contribution in [0.4, 0.5) is 11.4 Å². The van der Waals surface area contributed by atoms with Crippen LogP contribution < -0.4 is 19.7 Å². The van der Waals surface area contributed by atoms with E-state index in [1.54, 1.807) is 7.11 Å². The third kappa shape index (κ3) is 5.04. The summed E-state index contributed by atoms with van der Waals surface area (Å²) < 4.78 is 16.5. The highest BCUT2D eigenvalue weighted by atomic mass is 16.5. The minimum absolute atomic E-state index is 0.100. The van der Waals surface area contributed by atoms with Gasteiger partial charge in [0.25, 0.3) is 5.91 Å². The number of carbonyl (C=O) groups excluding carboxylic acids is 1. The number of rotatable bonds is 7. The lowest BCUT2D eigenvalue weighted by molar-refractivity contribution is -0.118. The van der Waals surface area contributed by atoms with Gasteiger partial charge >= 0.3 is 0 Å². The second-order valence-corrected chi connectivity index (χ2v) is 6.36. The van der Waals surface area contributed by atoms with Crippen LogP contribution in [0.2, 0.25) is 0 Å². The smallest absolute Gasteiger partial charge is 0.262 e. The van der Waals surface area contributed by atoms with Gasteiger partial charge in [-0.1, -0.05) is 30.4 Å². The Hall–Kier alpha value is -2.99. The SMILES string of the molecule is C/C=C/c1ccc(OCC(=O)Nc2ccccc2N2CCOCC2)c(OC)c1. The van der Waals surface area contributed by atoms with Crippen LogP contribution in [-0.2, 0) is 9.53 Å². The highest BCUT2D eigenvalue weighted by Gasteiger charge is 2.16. The van der Waals surface area contributed by atoms with Crippen molar-refractivity contribution in [3.05, 3.63) is 54.1 Å². The Balaban J connectivity index is 1.64. The molecule has 3 rings (SSSR count). The number of morpholine rings is 1. The van der Waals surface area contributed by atoms with Gasteiger partial charge in [0, 0.05) is 13.1 Å². The quantitative estimate of drug-likeness (QED) is 0.793. The van der Waals surface area contributed by atoms with Gasteiger partial charge < -0.3 is 24.4 Å². The molecule has 6 heteroatoms. The number of carbonyl (C=O) groups is 1. The predicted molar refractivity (Wildman–Crippen MR) is 111 cm³/mol. The molecule has 0 radical (unpaired) electrons. The van der Waals surface area contributed by atoms with Gasteiger partial charge in [-0.15, -0.1) is 0 Å². The predicted octanol–water partition coefficient (Wildman–Crippen LogP) is 3.58. The van der Waals surface area contributed by atoms with Gasteiger partial charge in [-0.2, -0.15) is 0 Å². The number of ether oxygens (including phenoxy) is 3. The first-order valence-corrected chi connectivity index (χ1v) is 9.36. The van der Waals surface area contributed by atoms with Crippen molar-refractivity contribution in [3.8, 4) is 11.5 Å². The monoisotopic (exact) mass is 382 g/mol. The van der Waals surface area contributed by atoms with Crippen molar-refractivity contribution in [1.82, 2.24) is 0 Å². The molecule has 0 aliphatic carbocycles. The molecule has 1 N–H and O–H groups in total. The van der Waals surface area contributed by atoms with E-state index < -0.39 is 0 Å². The summed E-state index contributed by atoms with van der Waals surface area (Å²) in [5.41, 5.74) is 2.77. The van der Waals surface area contributed by atoms with E-state index in [9.17, 15) is 4.79 Å². The first kappa shape index (κ1) is 19.8. The number of methoxy groups -OCH3 is 1. The second-order valence-electron chi connectivity index (χ2n) is 6.36. The molecule has 0 spiro atoms. The van der Waals surface area contributed by atoms with Crippen molar-refractivity contribution >= 4 is 23.4 Å². The summed E-state index contributed by atoms with van der Waals surface area (Å²) in [5, 5.41) is 2.95. The van der Waals surface area contributed by atoms with Gasteiger partial charge in [-0.3, -0.25) is 4.79 Å². The molecule has 1 saturated heterocycles. The Morgan fingerprint density at radius 3 is 2.71 bits per heavy atom. The Morgan fingerprint density at radius 2 is 1.96 bits per heavy atom. The minimum Gasteiger partial charge on any atom is -0.493 e. The number of nitrogens with one attached hydrogen (secondary N) is 1. The number of nitrogens with zero attached hydrogens (tertiary/aromatic N) is 1. The summed E-state index contributed by atoms with van der Waals surface area (Å²) in [6.45, 7) is 4.84. The zero-order chi connectivity index (χ0) is 19.8. The number of anilines is 2. The Morgan fingerprint density at radius 1 is 1.18 bits per heavy atom. The van der Waals surface area contributed by atoms with E-state index >= 15 is 0 Å². The summed E-state index contributed by atoms with van der Waals surface area (Å²) in [6.07, 6.45) is 3.93. The van der Waals surface area contributed by atoms with Gasteiger partial charge in [-0.05, 0) is 36.8 Å². The van der Waals surface area contributed by atoms with Gasteiger partial charge in [0.1, 0.15) is 0 Å². The lowest BCUT2D eigenvalue weighted by Gasteiger charge is -2.30. The second kappa shape index (κ2) is 9.80. The topological polar surface area (TPSA) is 60.0 Å². The van der Waals surface area contributed by atoms with Gasteiger partial charge in [0.2, 0.25) is 0 Å². The maximum absolute atomic E-state index is 12.5. The number of allylic oxidation sites excluding steroid dienone is 1. The van der Waals surface area contributed by atoms with E-state index in [1.165, 1.54) is 0 Å². The van der Waals surface area contributed by atoms with Gasteiger partial charge in [0.15, 0.2) is 18.1 Å². The van der Waals surface area contributed by atoms with Crippen LogP contribution in [0, 0.1) is 0 Å². The highest BCUT2D eigenvalue weighted by Crippen LogP contribution is 2.29. The van der Waals surface area contributed by atoms with E-state index in [2.05, 4.69) is 10.2 Å². The van der Waals surface area contributed by atoms with Crippen molar-refractivity contribution in [1.29, 1.82) is 0 Å². The number of para-hydroxylation sites is 2. The summed E-state index contributed by atoms with van der Waals surface area (Å²) in [6, 6.07) is 13.4. The molecule has 1 fully saturated rings. The maximum atomic E-state index is 12.5. The average Bonchev–Trinajstić information content (AvgIpc) is 2.74. The normalized spacial score (nSPS) is 14.1. The first-order valence-electron chi connectivity index (χ1n) is 9.36. The fourth-order valence-corrected chi connectivity index (χ4v) is 3.09. The summed E-state index contributed by atoms with van der Waals surface area (Å²) in [7, 11) is 1.58. The number of hydrogen-bond acceptors (Lipinski definition) is 5. The van der Waals surface area contributed by atoms with Crippen LogP contribution >= 0.6 is 0 Å². The first-order chi connectivity index (χ1) is 13.7. The molecule has 0 atom stereocenters. The van der Waals surface area contributed by atoms with Crippen molar-refractivity contribution in [3.63, 3.8) is 0 Å². The van der Waals surface area contributed by atoms with E-state index in [0.717, 1.165) is 30.0 Å². The molecular weight excluding hydrogens is 356 g/mol. The molecule has 28 heavy (non-hydrogen) atoms. The van der Waals surface area contributed by atoms with Gasteiger partial charge in [0.05, 0.1) is 31.7 Å². The highest BCUT2D eigenvalue weighted by molar-refractivity contribution is 5.95. The molecule has 2 aromatic carbocycles. The van der Waals surface area contributed by atoms with Crippen LogP contribution in [0.5, 0.6) is 11.5 Å². The Labute approximate surface area is 165 Å². The minimum atomic E-state index is -0.222. The molecule has 0 bridgehead atoms. The van der Waals surface area contributed by atoms with Crippen molar-refractivity contribution in [2.75, 3.05) is 50.2 Å². The number of benzene rings is 2. The molecule has 0 saturated carbocycles. The Bertz CT molecular complexity index is 829. The largest absolute Gasteiger partial charge is 0.493 e. The fourth-order valence-electron chi connectivity index (χ4n) is 3.09. The zero-order valence-electron chi connectivity index (χ0n) is 16.3. The molecule has 0 aromatic heterocycles. The van der Waals surface area contributed by atoms with Crippen LogP contribution in [-0.4, -0.2) is 45.9 Å². The number of amides is 1. The Kier molecular flexibility index (Phi) is 6.92. The molecule has 1 heterocycles. The summed E-state index contributed by atoms with van der Waals surface area (Å²) in [5.74, 6) is 0.907. The van der Waals surface area contributed by atoms with Crippen molar-refractivity contribution in [2.24, 2.45) is 0 Å². The van der Waals surface area contributed by atoms with E-state index in [-0.39, 0.29) is 12.5 Å². The summed E-state index contributed by atoms with van der Waals surface area (Å²) >= 11 is 0. The third-order valence-corrected chi connectivity index (χ3v) is 4.44. The molecule has 148 valence electrons. The van der Waals surface area contributed by atoms with Crippen LogP contribution in [0.3, 0.4) is 0 Å². The summed E-state index contributed by atoms with van der Waals surface area (Å²) in [4.78, 5) is 14.7. The zero-order valence-corrected chi connectivity index (χ0v) is 16.3. The molecule has 1 aliphatic rings. The molecule has 0 unspecified atom stereocenters. The molecule has 2 aromatic rings. The fraction of sp³-hybridized carbons (Fsp3) is 0.318. The lowest BCUT2D eigenvalue weighted by Crippen LogP contribution is -2.37. The molecule has 1 aliphatic heterocycles. The van der Waals surface area contributed by atoms with Crippen molar-refractivity contribution in [2.45, 2.75) is 6.92 Å². The standard InChI is InChI=1S/C22H26N2O4/c1-3-6-17-9-10-20(21(15-17)26-2)28-16-22(25)23-18-7-4-5-8-19(18)24-11-13-27-14-12-24/h3-10,15H,11-14,16H2,1-2H3,(H,23,25)/b6-3+. The van der Waals surface area contributed by atoms with E-state index in [4.69, 9.17) is 14.2 Å². The van der Waals surface area contributed by atoms with Gasteiger partial charge in [-0.25, -0.2) is 0 Å². The van der Waals surface area contributed by atoms with Crippen LogP contribution in [0.25, 0.3) is 6.08 Å². The molecule has 1 amide bonds. The van der Waals surface area contributed by atoms with Crippen LogP contribution in [0.15, 0.2) is 48.5 Å². The number of hydrogen-bond donors (Lipinski definition) is 1. The lowest BCUT2D eigenvalue weighted by atomic mass is 10.2. The average molecular weight is 382 g/mol.